The maximum atomic E-state index is 12.2. The van der Waals surface area contributed by atoms with E-state index in [1.165, 1.54) is 0 Å². The Labute approximate surface area is 117 Å². The fourth-order valence-corrected chi connectivity index (χ4v) is 1.61. The average Bonchev–Trinajstić information content (AvgIpc) is 2.49. The van der Waals surface area contributed by atoms with E-state index in [-0.39, 0.29) is 11.6 Å². The smallest absolute Gasteiger partial charge is 0.253 e. The van der Waals surface area contributed by atoms with Crippen molar-refractivity contribution in [3.05, 3.63) is 29.8 Å². The fourth-order valence-electron chi connectivity index (χ4n) is 1.61. The van der Waals surface area contributed by atoms with Crippen molar-refractivity contribution in [1.82, 2.24) is 4.90 Å². The van der Waals surface area contributed by atoms with Crippen LogP contribution in [0.3, 0.4) is 0 Å². The summed E-state index contributed by atoms with van der Waals surface area (Å²) in [7, 11) is 0. The molecule has 0 saturated heterocycles. The molecule has 1 N–H and O–H groups in total. The Morgan fingerprint density at radius 2 is 1.95 bits per heavy atom. The largest absolute Gasteiger partial charge is 0.339 e. The standard InChI is InChI=1S/C14H15N5O/c1-3-19(4-2)14(20)11-6-5-7-12(8-11)17-18-13(9-15)10-16/h5-8,17H,3-4H2,1-2H3. The lowest BCUT2D eigenvalue weighted by Gasteiger charge is -2.18. The van der Waals surface area contributed by atoms with E-state index in [0.717, 1.165) is 0 Å². The van der Waals surface area contributed by atoms with E-state index in [4.69, 9.17) is 10.5 Å². The second-order valence-corrected chi connectivity index (χ2v) is 3.85. The van der Waals surface area contributed by atoms with Crippen molar-refractivity contribution in [3.8, 4) is 12.1 Å². The van der Waals surface area contributed by atoms with Gasteiger partial charge in [0.2, 0.25) is 5.71 Å². The minimum atomic E-state index is -0.273. The number of hydrogen-bond acceptors (Lipinski definition) is 5. The summed E-state index contributed by atoms with van der Waals surface area (Å²) >= 11 is 0. The summed E-state index contributed by atoms with van der Waals surface area (Å²) in [6, 6.07) is 10.1. The predicted molar refractivity (Wildman–Crippen MR) is 76.0 cm³/mol. The lowest BCUT2D eigenvalue weighted by atomic mass is 10.2. The molecule has 0 saturated carbocycles. The maximum absolute atomic E-state index is 12.2. The van der Waals surface area contributed by atoms with Gasteiger partial charge in [-0.2, -0.15) is 15.6 Å². The summed E-state index contributed by atoms with van der Waals surface area (Å²) in [4.78, 5) is 13.9. The Hall–Kier alpha value is -2.86. The summed E-state index contributed by atoms with van der Waals surface area (Å²) < 4.78 is 0. The quantitative estimate of drug-likeness (QED) is 0.653. The molecule has 0 aliphatic rings. The molecule has 0 fully saturated rings. The highest BCUT2D eigenvalue weighted by Crippen LogP contribution is 2.13. The number of amides is 1. The zero-order valence-corrected chi connectivity index (χ0v) is 11.4. The van der Waals surface area contributed by atoms with Crippen molar-refractivity contribution in [2.45, 2.75) is 13.8 Å². The SMILES string of the molecule is CCN(CC)C(=O)c1cccc(NN=C(C#N)C#N)c1. The van der Waals surface area contributed by atoms with E-state index in [0.29, 0.717) is 24.3 Å². The fraction of sp³-hybridized carbons (Fsp3) is 0.286. The van der Waals surface area contributed by atoms with Gasteiger partial charge in [0.05, 0.1) is 5.69 Å². The number of nitrogens with one attached hydrogen (secondary N) is 1. The van der Waals surface area contributed by atoms with Crippen molar-refractivity contribution >= 4 is 17.3 Å². The van der Waals surface area contributed by atoms with Gasteiger partial charge in [-0.05, 0) is 32.0 Å². The number of hydrogen-bond donors (Lipinski definition) is 1. The van der Waals surface area contributed by atoms with Crippen LogP contribution in [0.25, 0.3) is 0 Å². The Bertz CT molecular complexity index is 574. The second kappa shape index (κ2) is 7.55. The summed E-state index contributed by atoms with van der Waals surface area (Å²) in [6.45, 7) is 5.11. The first-order chi connectivity index (χ1) is 9.65. The van der Waals surface area contributed by atoms with Crippen LogP contribution in [0.4, 0.5) is 5.69 Å². The first-order valence-corrected chi connectivity index (χ1v) is 6.19. The van der Waals surface area contributed by atoms with Crippen molar-refractivity contribution in [3.63, 3.8) is 0 Å². The summed E-state index contributed by atoms with van der Waals surface area (Å²) in [5, 5.41) is 20.8. The molecular formula is C14H15N5O. The number of carbonyl (C=O) groups excluding carboxylic acids is 1. The topological polar surface area (TPSA) is 92.3 Å². The van der Waals surface area contributed by atoms with Gasteiger partial charge in [0.15, 0.2) is 0 Å². The monoisotopic (exact) mass is 269 g/mol. The molecule has 1 rings (SSSR count). The minimum Gasteiger partial charge on any atom is -0.339 e. The number of carbonyl (C=O) groups is 1. The van der Waals surface area contributed by atoms with Gasteiger partial charge in [0, 0.05) is 18.7 Å². The van der Waals surface area contributed by atoms with Crippen LogP contribution in [0, 0.1) is 22.7 Å². The molecule has 0 aromatic heterocycles. The van der Waals surface area contributed by atoms with Crippen molar-refractivity contribution in [2.75, 3.05) is 18.5 Å². The molecule has 20 heavy (non-hydrogen) atoms. The summed E-state index contributed by atoms with van der Waals surface area (Å²) in [5.41, 5.74) is 3.40. The van der Waals surface area contributed by atoms with Gasteiger partial charge >= 0.3 is 0 Å². The molecular weight excluding hydrogens is 254 g/mol. The van der Waals surface area contributed by atoms with Crippen LogP contribution in [0.2, 0.25) is 0 Å². The van der Waals surface area contributed by atoms with Crippen molar-refractivity contribution < 1.29 is 4.79 Å². The molecule has 0 unspecified atom stereocenters. The minimum absolute atomic E-state index is 0.0663. The Kier molecular flexibility index (Phi) is 5.74. The molecule has 102 valence electrons. The van der Waals surface area contributed by atoms with Crippen LogP contribution < -0.4 is 5.43 Å². The Balaban J connectivity index is 2.92. The van der Waals surface area contributed by atoms with Gasteiger partial charge in [0.1, 0.15) is 12.1 Å². The predicted octanol–water partition coefficient (Wildman–Crippen LogP) is 1.98. The third kappa shape index (κ3) is 3.82. The molecule has 0 bridgehead atoms. The van der Waals surface area contributed by atoms with E-state index in [1.54, 1.807) is 41.3 Å². The van der Waals surface area contributed by atoms with Gasteiger partial charge in [-0.15, -0.1) is 0 Å². The lowest BCUT2D eigenvalue weighted by molar-refractivity contribution is 0.0773. The van der Waals surface area contributed by atoms with E-state index >= 15 is 0 Å². The Morgan fingerprint density at radius 1 is 1.30 bits per heavy atom. The van der Waals surface area contributed by atoms with Crippen molar-refractivity contribution in [2.24, 2.45) is 5.10 Å². The Morgan fingerprint density at radius 3 is 2.50 bits per heavy atom. The van der Waals surface area contributed by atoms with E-state index < -0.39 is 0 Å². The normalized spacial score (nSPS) is 9.00. The molecule has 6 heteroatoms. The highest BCUT2D eigenvalue weighted by molar-refractivity contribution is 6.10. The van der Waals surface area contributed by atoms with Crippen LogP contribution in [-0.4, -0.2) is 29.6 Å². The van der Waals surface area contributed by atoms with E-state index in [1.807, 2.05) is 13.8 Å². The number of rotatable bonds is 5. The molecule has 1 aromatic rings. The average molecular weight is 269 g/mol. The van der Waals surface area contributed by atoms with Crippen LogP contribution >= 0.6 is 0 Å². The molecule has 1 aromatic carbocycles. The van der Waals surface area contributed by atoms with Crippen molar-refractivity contribution in [1.29, 1.82) is 10.5 Å². The molecule has 0 aliphatic heterocycles. The highest BCUT2D eigenvalue weighted by atomic mass is 16.2. The number of anilines is 1. The van der Waals surface area contributed by atoms with Gasteiger partial charge in [-0.1, -0.05) is 6.07 Å². The van der Waals surface area contributed by atoms with Gasteiger partial charge in [-0.3, -0.25) is 10.2 Å². The van der Waals surface area contributed by atoms with Crippen LogP contribution in [0.15, 0.2) is 29.4 Å². The first kappa shape index (κ1) is 15.2. The summed E-state index contributed by atoms with van der Waals surface area (Å²) in [5.74, 6) is -0.0663. The maximum Gasteiger partial charge on any atom is 0.253 e. The molecule has 1 amide bonds. The zero-order valence-electron chi connectivity index (χ0n) is 11.4. The number of hydrazone groups is 1. The molecule has 0 radical (unpaired) electrons. The number of benzene rings is 1. The van der Waals surface area contributed by atoms with Crippen LogP contribution in [0.1, 0.15) is 24.2 Å². The van der Waals surface area contributed by atoms with Crippen LogP contribution in [-0.2, 0) is 0 Å². The molecule has 0 aliphatic carbocycles. The molecule has 0 spiro atoms. The van der Waals surface area contributed by atoms with E-state index in [9.17, 15) is 4.79 Å². The highest BCUT2D eigenvalue weighted by Gasteiger charge is 2.12. The second-order valence-electron chi connectivity index (χ2n) is 3.85. The number of nitrogens with zero attached hydrogens (tertiary/aromatic N) is 4. The first-order valence-electron chi connectivity index (χ1n) is 6.19. The van der Waals surface area contributed by atoms with Crippen LogP contribution in [0.5, 0.6) is 0 Å². The molecule has 0 atom stereocenters. The zero-order chi connectivity index (χ0) is 15.0. The van der Waals surface area contributed by atoms with Gasteiger partial charge < -0.3 is 4.90 Å². The lowest BCUT2D eigenvalue weighted by Crippen LogP contribution is -2.30. The molecule has 6 nitrogen and oxygen atoms in total. The third-order valence-corrected chi connectivity index (χ3v) is 2.67. The third-order valence-electron chi connectivity index (χ3n) is 2.67. The summed E-state index contributed by atoms with van der Waals surface area (Å²) in [6.07, 6.45) is 0. The van der Waals surface area contributed by atoms with Gasteiger partial charge in [0.25, 0.3) is 5.91 Å². The van der Waals surface area contributed by atoms with Gasteiger partial charge in [-0.25, -0.2) is 0 Å². The number of nitriles is 2. The van der Waals surface area contributed by atoms with E-state index in [2.05, 4.69) is 10.5 Å². The molecule has 0 heterocycles.